The van der Waals surface area contributed by atoms with E-state index in [1.165, 1.54) is 4.90 Å². The quantitative estimate of drug-likeness (QED) is 0.494. The molecule has 28 heavy (non-hydrogen) atoms. The Labute approximate surface area is 165 Å². The van der Waals surface area contributed by atoms with Gasteiger partial charge in [0.1, 0.15) is 17.8 Å². The van der Waals surface area contributed by atoms with Crippen LogP contribution in [0, 0.1) is 0 Å². The van der Waals surface area contributed by atoms with Crippen LogP contribution in [0.15, 0.2) is 49.6 Å². The fraction of sp³-hybridized carbons (Fsp3) is 0.381. The Balaban J connectivity index is 2.02. The van der Waals surface area contributed by atoms with Gasteiger partial charge in [-0.25, -0.2) is 4.79 Å². The fourth-order valence-electron chi connectivity index (χ4n) is 3.07. The van der Waals surface area contributed by atoms with Crippen molar-refractivity contribution in [2.75, 3.05) is 26.7 Å². The summed E-state index contributed by atoms with van der Waals surface area (Å²) >= 11 is 0. The summed E-state index contributed by atoms with van der Waals surface area (Å²) in [4.78, 5) is 40.1. The highest BCUT2D eigenvalue weighted by atomic mass is 16.5. The Kier molecular flexibility index (Phi) is 6.98. The van der Waals surface area contributed by atoms with Crippen molar-refractivity contribution in [3.8, 4) is 5.75 Å². The van der Waals surface area contributed by atoms with E-state index in [4.69, 9.17) is 4.74 Å². The van der Waals surface area contributed by atoms with Crippen LogP contribution in [0.1, 0.15) is 18.9 Å². The average Bonchev–Trinajstić information content (AvgIpc) is 2.90. The summed E-state index contributed by atoms with van der Waals surface area (Å²) in [5.74, 6) is 0.0349. The molecule has 0 saturated carbocycles. The molecule has 1 saturated heterocycles. The summed E-state index contributed by atoms with van der Waals surface area (Å²) in [6, 6.07) is 7.00. The molecular formula is C21H27N3O4. The van der Waals surface area contributed by atoms with E-state index in [2.05, 4.69) is 18.5 Å². The Morgan fingerprint density at radius 2 is 1.82 bits per heavy atom. The highest BCUT2D eigenvalue weighted by molar-refractivity contribution is 6.08. The van der Waals surface area contributed by atoms with Crippen molar-refractivity contribution < 1.29 is 19.1 Å². The first-order chi connectivity index (χ1) is 13.3. The summed E-state index contributed by atoms with van der Waals surface area (Å²) in [6.07, 6.45) is 4.21. The van der Waals surface area contributed by atoms with Crippen LogP contribution < -0.4 is 10.1 Å². The summed E-state index contributed by atoms with van der Waals surface area (Å²) in [5.41, 5.74) is -0.0133. The molecule has 1 atom stereocenters. The van der Waals surface area contributed by atoms with Crippen molar-refractivity contribution in [2.45, 2.75) is 25.3 Å². The number of imide groups is 1. The summed E-state index contributed by atoms with van der Waals surface area (Å²) in [5, 5.41) is 2.73. The molecule has 0 radical (unpaired) electrons. The Bertz CT molecular complexity index is 749. The number of carbonyl (C=O) groups excluding carboxylic acids is 3. The zero-order chi connectivity index (χ0) is 20.7. The maximum absolute atomic E-state index is 12.8. The normalized spacial score (nSPS) is 18.6. The zero-order valence-corrected chi connectivity index (χ0v) is 16.4. The van der Waals surface area contributed by atoms with E-state index in [1.54, 1.807) is 26.2 Å². The first kappa shape index (κ1) is 21.2. The van der Waals surface area contributed by atoms with Gasteiger partial charge in [-0.1, -0.05) is 24.3 Å². The predicted octanol–water partition coefficient (Wildman–Crippen LogP) is 2.14. The molecule has 0 aliphatic carbocycles. The summed E-state index contributed by atoms with van der Waals surface area (Å²) in [6.45, 7) is 9.27. The molecule has 1 aliphatic heterocycles. The number of carbonyl (C=O) groups is 3. The number of ether oxygens (including phenoxy) is 1. The number of hydrogen-bond acceptors (Lipinski definition) is 4. The third kappa shape index (κ3) is 4.79. The van der Waals surface area contributed by atoms with E-state index < -0.39 is 17.5 Å². The van der Waals surface area contributed by atoms with Gasteiger partial charge in [0.2, 0.25) is 5.91 Å². The largest absolute Gasteiger partial charge is 0.497 e. The van der Waals surface area contributed by atoms with Crippen LogP contribution in [0.3, 0.4) is 0 Å². The van der Waals surface area contributed by atoms with Crippen LogP contribution in [-0.2, 0) is 16.0 Å². The standard InChI is InChI=1S/C21H27N3O4/c1-5-13-23(14-6-2)18(25)15-24-19(26)21(3,22-20(24)27)12-11-16-7-9-17(28-4)10-8-16/h5-10H,1-2,11-15H2,3-4H3,(H,22,27)/t21-/m0/s1. The first-order valence-electron chi connectivity index (χ1n) is 9.11. The number of amides is 4. The Hall–Kier alpha value is -3.09. The number of nitrogens with one attached hydrogen (secondary N) is 1. The van der Waals surface area contributed by atoms with Crippen LogP contribution in [0.5, 0.6) is 5.75 Å². The molecule has 7 heteroatoms. The molecule has 7 nitrogen and oxygen atoms in total. The molecule has 4 amide bonds. The van der Waals surface area contributed by atoms with Gasteiger partial charge >= 0.3 is 6.03 Å². The molecule has 0 spiro atoms. The van der Waals surface area contributed by atoms with Gasteiger partial charge in [0.05, 0.1) is 7.11 Å². The smallest absolute Gasteiger partial charge is 0.325 e. The van der Waals surface area contributed by atoms with Gasteiger partial charge in [0.15, 0.2) is 0 Å². The molecule has 1 aromatic rings. The van der Waals surface area contributed by atoms with Crippen LogP contribution in [0.25, 0.3) is 0 Å². The van der Waals surface area contributed by atoms with Gasteiger partial charge in [-0.3, -0.25) is 14.5 Å². The van der Waals surface area contributed by atoms with E-state index >= 15 is 0 Å². The number of hydrogen-bond donors (Lipinski definition) is 1. The van der Waals surface area contributed by atoms with Gasteiger partial charge in [-0.15, -0.1) is 13.2 Å². The lowest BCUT2D eigenvalue weighted by atomic mass is 9.93. The minimum absolute atomic E-state index is 0.301. The molecule has 1 aliphatic rings. The van der Waals surface area contributed by atoms with Crippen molar-refractivity contribution in [3.63, 3.8) is 0 Å². The lowest BCUT2D eigenvalue weighted by molar-refractivity contribution is -0.138. The average molecular weight is 385 g/mol. The van der Waals surface area contributed by atoms with Crippen molar-refractivity contribution >= 4 is 17.8 Å². The lowest BCUT2D eigenvalue weighted by Crippen LogP contribution is -2.46. The number of benzene rings is 1. The second-order valence-corrected chi connectivity index (χ2v) is 6.88. The van der Waals surface area contributed by atoms with Crippen LogP contribution >= 0.6 is 0 Å². The van der Waals surface area contributed by atoms with Gasteiger partial charge < -0.3 is 15.0 Å². The van der Waals surface area contributed by atoms with Crippen LogP contribution in [0.4, 0.5) is 4.79 Å². The Morgan fingerprint density at radius 3 is 2.36 bits per heavy atom. The zero-order valence-electron chi connectivity index (χ0n) is 16.4. The van der Waals surface area contributed by atoms with Gasteiger partial charge in [-0.2, -0.15) is 0 Å². The van der Waals surface area contributed by atoms with Crippen LogP contribution in [-0.4, -0.2) is 59.9 Å². The monoisotopic (exact) mass is 385 g/mol. The molecule has 1 fully saturated rings. The predicted molar refractivity (Wildman–Crippen MR) is 107 cm³/mol. The summed E-state index contributed by atoms with van der Waals surface area (Å²) < 4.78 is 5.14. The highest BCUT2D eigenvalue weighted by Crippen LogP contribution is 2.24. The molecule has 2 rings (SSSR count). The minimum atomic E-state index is -1.04. The van der Waals surface area contributed by atoms with Crippen molar-refractivity contribution in [3.05, 3.63) is 55.1 Å². The maximum atomic E-state index is 12.8. The maximum Gasteiger partial charge on any atom is 0.325 e. The number of urea groups is 1. The molecular weight excluding hydrogens is 358 g/mol. The van der Waals surface area contributed by atoms with Crippen molar-refractivity contribution in [1.29, 1.82) is 0 Å². The van der Waals surface area contributed by atoms with Gasteiger partial charge in [0.25, 0.3) is 5.91 Å². The fourth-order valence-corrected chi connectivity index (χ4v) is 3.07. The second kappa shape index (κ2) is 9.21. The van der Waals surface area contributed by atoms with Crippen LogP contribution in [0.2, 0.25) is 0 Å². The van der Waals surface area contributed by atoms with Gasteiger partial charge in [-0.05, 0) is 37.5 Å². The highest BCUT2D eigenvalue weighted by Gasteiger charge is 2.48. The topological polar surface area (TPSA) is 79.0 Å². The third-order valence-corrected chi connectivity index (χ3v) is 4.76. The molecule has 1 aromatic carbocycles. The van der Waals surface area contributed by atoms with Gasteiger partial charge in [0, 0.05) is 13.1 Å². The van der Waals surface area contributed by atoms with Crippen molar-refractivity contribution in [2.24, 2.45) is 0 Å². The van der Waals surface area contributed by atoms with E-state index in [0.717, 1.165) is 16.2 Å². The number of aryl methyl sites for hydroxylation is 1. The molecule has 150 valence electrons. The molecule has 1 N–H and O–H groups in total. The number of rotatable bonds is 10. The number of methoxy groups -OCH3 is 1. The number of nitrogens with zero attached hydrogens (tertiary/aromatic N) is 2. The molecule has 0 aromatic heterocycles. The van der Waals surface area contributed by atoms with E-state index in [-0.39, 0.29) is 12.5 Å². The molecule has 0 unspecified atom stereocenters. The molecule has 0 bridgehead atoms. The minimum Gasteiger partial charge on any atom is -0.497 e. The first-order valence-corrected chi connectivity index (χ1v) is 9.11. The lowest BCUT2D eigenvalue weighted by Gasteiger charge is -2.23. The van der Waals surface area contributed by atoms with Crippen molar-refractivity contribution in [1.82, 2.24) is 15.1 Å². The third-order valence-electron chi connectivity index (χ3n) is 4.76. The summed E-state index contributed by atoms with van der Waals surface area (Å²) in [7, 11) is 1.60. The molecule has 1 heterocycles. The SMILES string of the molecule is C=CCN(CC=C)C(=O)CN1C(=O)N[C@@](C)(CCc2ccc(OC)cc2)C1=O. The van der Waals surface area contributed by atoms with E-state index in [0.29, 0.717) is 25.9 Å². The van der Waals surface area contributed by atoms with E-state index in [1.807, 2.05) is 24.3 Å². The Morgan fingerprint density at radius 1 is 1.21 bits per heavy atom. The second-order valence-electron chi connectivity index (χ2n) is 6.88. The van der Waals surface area contributed by atoms with E-state index in [9.17, 15) is 14.4 Å².